The Morgan fingerprint density at radius 1 is 1.50 bits per heavy atom. The van der Waals surface area contributed by atoms with Gasteiger partial charge in [-0.3, -0.25) is 0 Å². The lowest BCUT2D eigenvalue weighted by atomic mass is 10.1. The maximum absolute atomic E-state index is 12.9. The lowest BCUT2D eigenvalue weighted by Crippen LogP contribution is -2.09. The fraction of sp³-hybridized carbons (Fsp3) is 0.364. The van der Waals surface area contributed by atoms with Crippen LogP contribution in [0.15, 0.2) is 18.2 Å². The summed E-state index contributed by atoms with van der Waals surface area (Å²) in [7, 11) is 1.49. The summed E-state index contributed by atoms with van der Waals surface area (Å²) in [6, 6.07) is 4.19. The smallest absolute Gasteiger partial charge is 0.329 e. The topological polar surface area (TPSA) is 55.8 Å². The molecule has 0 aliphatic rings. The van der Waals surface area contributed by atoms with Crippen LogP contribution in [0, 0.1) is 5.82 Å². The Morgan fingerprint density at radius 2 is 2.25 bits per heavy atom. The number of aliphatic carboxylic acids is 1. The third-order valence-electron chi connectivity index (χ3n) is 1.98. The van der Waals surface area contributed by atoms with Gasteiger partial charge in [0.25, 0.3) is 0 Å². The number of methoxy groups -OCH3 is 1. The van der Waals surface area contributed by atoms with Crippen LogP contribution in [-0.4, -0.2) is 31.4 Å². The van der Waals surface area contributed by atoms with Crippen molar-refractivity contribution in [3.05, 3.63) is 29.6 Å². The minimum Gasteiger partial charge on any atom is -0.496 e. The molecule has 88 valence electrons. The number of halogens is 1. The van der Waals surface area contributed by atoms with Gasteiger partial charge in [0.1, 0.15) is 18.2 Å². The van der Waals surface area contributed by atoms with E-state index in [0.717, 1.165) is 0 Å². The molecule has 0 saturated carbocycles. The number of benzene rings is 1. The zero-order valence-corrected chi connectivity index (χ0v) is 8.90. The summed E-state index contributed by atoms with van der Waals surface area (Å²) < 4.78 is 22.8. The predicted molar refractivity (Wildman–Crippen MR) is 55.1 cm³/mol. The Hall–Kier alpha value is -1.62. The Labute approximate surface area is 92.6 Å². The molecular formula is C11H13FO4. The number of carboxylic acid groups (broad SMARTS) is 1. The second kappa shape index (κ2) is 6.07. The van der Waals surface area contributed by atoms with E-state index in [1.807, 2.05) is 0 Å². The molecule has 0 fully saturated rings. The van der Waals surface area contributed by atoms with E-state index >= 15 is 0 Å². The van der Waals surface area contributed by atoms with Crippen LogP contribution in [0.2, 0.25) is 0 Å². The average Bonchev–Trinajstić information content (AvgIpc) is 2.24. The van der Waals surface area contributed by atoms with Crippen molar-refractivity contribution in [1.82, 2.24) is 0 Å². The second-order valence-corrected chi connectivity index (χ2v) is 3.15. The number of ether oxygens (including phenoxy) is 2. The van der Waals surface area contributed by atoms with Crippen molar-refractivity contribution >= 4 is 5.97 Å². The third kappa shape index (κ3) is 3.86. The molecule has 0 aliphatic carbocycles. The van der Waals surface area contributed by atoms with Gasteiger partial charge in [-0.25, -0.2) is 9.18 Å². The summed E-state index contributed by atoms with van der Waals surface area (Å²) in [6.07, 6.45) is 0.411. The van der Waals surface area contributed by atoms with E-state index in [4.69, 9.17) is 14.6 Å². The van der Waals surface area contributed by atoms with Crippen molar-refractivity contribution in [3.8, 4) is 5.75 Å². The number of carbonyl (C=O) groups is 1. The van der Waals surface area contributed by atoms with Crippen LogP contribution >= 0.6 is 0 Å². The standard InChI is InChI=1S/C11H13FO4/c1-15-10-3-2-9(12)6-8(10)4-5-16-7-11(13)14/h2-3,6H,4-5,7H2,1H3,(H,13,14). The molecule has 0 radical (unpaired) electrons. The highest BCUT2D eigenvalue weighted by Gasteiger charge is 2.05. The molecule has 0 amide bonds. The zero-order valence-electron chi connectivity index (χ0n) is 8.90. The normalized spacial score (nSPS) is 10.1. The summed E-state index contributed by atoms with van der Waals surface area (Å²) >= 11 is 0. The molecule has 0 atom stereocenters. The van der Waals surface area contributed by atoms with Gasteiger partial charge in [0.15, 0.2) is 0 Å². The Bertz CT molecular complexity index is 365. The molecular weight excluding hydrogens is 215 g/mol. The maximum Gasteiger partial charge on any atom is 0.329 e. The van der Waals surface area contributed by atoms with Crippen LogP contribution in [0.25, 0.3) is 0 Å². The first-order chi connectivity index (χ1) is 7.63. The van der Waals surface area contributed by atoms with Gasteiger partial charge < -0.3 is 14.6 Å². The summed E-state index contributed by atoms with van der Waals surface area (Å²) in [5, 5.41) is 8.35. The minimum absolute atomic E-state index is 0.214. The molecule has 0 saturated heterocycles. The van der Waals surface area contributed by atoms with E-state index in [1.165, 1.54) is 25.3 Å². The van der Waals surface area contributed by atoms with Crippen LogP contribution in [0.4, 0.5) is 4.39 Å². The largest absolute Gasteiger partial charge is 0.496 e. The average molecular weight is 228 g/mol. The van der Waals surface area contributed by atoms with Crippen LogP contribution in [-0.2, 0) is 16.0 Å². The molecule has 0 bridgehead atoms. The van der Waals surface area contributed by atoms with E-state index in [-0.39, 0.29) is 19.0 Å². The molecule has 1 N–H and O–H groups in total. The number of hydrogen-bond acceptors (Lipinski definition) is 3. The summed E-state index contributed by atoms with van der Waals surface area (Å²) in [5.41, 5.74) is 0.660. The van der Waals surface area contributed by atoms with Gasteiger partial charge in [-0.05, 0) is 30.2 Å². The van der Waals surface area contributed by atoms with Crippen LogP contribution in [0.3, 0.4) is 0 Å². The SMILES string of the molecule is COc1ccc(F)cc1CCOCC(=O)O. The number of carboxylic acids is 1. The Morgan fingerprint density at radius 3 is 2.88 bits per heavy atom. The molecule has 0 spiro atoms. The molecule has 0 aromatic heterocycles. The first kappa shape index (κ1) is 12.4. The van der Waals surface area contributed by atoms with Crippen molar-refractivity contribution in [2.45, 2.75) is 6.42 Å². The summed E-state index contributed by atoms with van der Waals surface area (Å²) in [4.78, 5) is 10.2. The van der Waals surface area contributed by atoms with E-state index in [9.17, 15) is 9.18 Å². The van der Waals surface area contributed by atoms with Gasteiger partial charge in [0, 0.05) is 0 Å². The summed E-state index contributed by atoms with van der Waals surface area (Å²) in [6.45, 7) is -0.135. The lowest BCUT2D eigenvalue weighted by molar-refractivity contribution is -0.142. The van der Waals surface area contributed by atoms with Crippen molar-refractivity contribution in [1.29, 1.82) is 0 Å². The first-order valence-electron chi connectivity index (χ1n) is 4.75. The molecule has 1 aromatic rings. The first-order valence-corrected chi connectivity index (χ1v) is 4.75. The van der Waals surface area contributed by atoms with Crippen LogP contribution < -0.4 is 4.74 Å². The predicted octanol–water partition coefficient (Wildman–Crippen LogP) is 1.48. The van der Waals surface area contributed by atoms with Crippen molar-refractivity contribution in [3.63, 3.8) is 0 Å². The number of hydrogen-bond donors (Lipinski definition) is 1. The van der Waals surface area contributed by atoms with E-state index in [1.54, 1.807) is 0 Å². The molecule has 4 nitrogen and oxygen atoms in total. The monoisotopic (exact) mass is 228 g/mol. The molecule has 16 heavy (non-hydrogen) atoms. The molecule has 5 heteroatoms. The quantitative estimate of drug-likeness (QED) is 0.749. The van der Waals surface area contributed by atoms with Crippen molar-refractivity contribution < 1.29 is 23.8 Å². The molecule has 0 heterocycles. The highest BCUT2D eigenvalue weighted by molar-refractivity contribution is 5.67. The van der Waals surface area contributed by atoms with Crippen molar-refractivity contribution in [2.24, 2.45) is 0 Å². The zero-order chi connectivity index (χ0) is 12.0. The highest BCUT2D eigenvalue weighted by Crippen LogP contribution is 2.19. The summed E-state index contributed by atoms with van der Waals surface area (Å²) in [5.74, 6) is -0.805. The third-order valence-corrected chi connectivity index (χ3v) is 1.98. The van der Waals surface area contributed by atoms with Crippen LogP contribution in [0.1, 0.15) is 5.56 Å². The fourth-order valence-corrected chi connectivity index (χ4v) is 1.28. The van der Waals surface area contributed by atoms with Gasteiger partial charge in [-0.2, -0.15) is 0 Å². The molecule has 0 aliphatic heterocycles. The van der Waals surface area contributed by atoms with E-state index in [2.05, 4.69) is 0 Å². The van der Waals surface area contributed by atoms with E-state index < -0.39 is 5.97 Å². The van der Waals surface area contributed by atoms with Crippen LogP contribution in [0.5, 0.6) is 5.75 Å². The fourth-order valence-electron chi connectivity index (χ4n) is 1.28. The highest BCUT2D eigenvalue weighted by atomic mass is 19.1. The Balaban J connectivity index is 2.51. The molecule has 1 aromatic carbocycles. The van der Waals surface area contributed by atoms with Gasteiger partial charge in [-0.15, -0.1) is 0 Å². The molecule has 0 unspecified atom stereocenters. The van der Waals surface area contributed by atoms with Gasteiger partial charge in [0.2, 0.25) is 0 Å². The van der Waals surface area contributed by atoms with Gasteiger partial charge in [0.05, 0.1) is 13.7 Å². The number of rotatable bonds is 6. The minimum atomic E-state index is -1.02. The van der Waals surface area contributed by atoms with E-state index in [0.29, 0.717) is 17.7 Å². The second-order valence-electron chi connectivity index (χ2n) is 3.15. The Kier molecular flexibility index (Phi) is 4.72. The van der Waals surface area contributed by atoms with Gasteiger partial charge >= 0.3 is 5.97 Å². The molecule has 1 rings (SSSR count). The van der Waals surface area contributed by atoms with Gasteiger partial charge in [-0.1, -0.05) is 0 Å². The maximum atomic E-state index is 12.9. The lowest BCUT2D eigenvalue weighted by Gasteiger charge is -2.08. The van der Waals surface area contributed by atoms with Crippen molar-refractivity contribution in [2.75, 3.05) is 20.3 Å².